The van der Waals surface area contributed by atoms with E-state index in [0.29, 0.717) is 6.04 Å². The molecule has 0 aliphatic carbocycles. The van der Waals surface area contributed by atoms with E-state index in [-0.39, 0.29) is 0 Å². The fraction of sp³-hybridized carbons (Fsp3) is 0.538. The summed E-state index contributed by atoms with van der Waals surface area (Å²) in [5, 5.41) is 3.43. The monoisotopic (exact) mass is 217 g/mol. The van der Waals surface area contributed by atoms with Gasteiger partial charge in [0.1, 0.15) is 5.82 Å². The third-order valence-electron chi connectivity index (χ3n) is 2.42. The molecule has 1 heterocycles. The van der Waals surface area contributed by atoms with Gasteiger partial charge in [-0.1, -0.05) is 6.92 Å². The van der Waals surface area contributed by atoms with Gasteiger partial charge in [-0.25, -0.2) is 9.97 Å². The second-order valence-corrected chi connectivity index (χ2v) is 3.74. The minimum absolute atomic E-state index is 0.292. The summed E-state index contributed by atoms with van der Waals surface area (Å²) in [7, 11) is 0. The first kappa shape index (κ1) is 12.7. The van der Waals surface area contributed by atoms with Gasteiger partial charge in [0.15, 0.2) is 0 Å². The topological polar surface area (TPSA) is 37.8 Å². The Bertz CT molecular complexity index is 354. The van der Waals surface area contributed by atoms with E-state index in [1.807, 2.05) is 19.2 Å². The number of rotatable bonds is 6. The molecule has 3 heteroatoms. The minimum atomic E-state index is 0.292. The molecule has 0 spiro atoms. The fourth-order valence-corrected chi connectivity index (χ4v) is 1.68. The van der Waals surface area contributed by atoms with Crippen molar-refractivity contribution < 1.29 is 0 Å². The molecule has 0 fully saturated rings. The Labute approximate surface area is 97.7 Å². The van der Waals surface area contributed by atoms with Crippen LogP contribution in [0.4, 0.5) is 0 Å². The number of nitrogens with one attached hydrogen (secondary N) is 1. The highest BCUT2D eigenvalue weighted by molar-refractivity contribution is 5.07. The molecule has 0 saturated heterocycles. The molecule has 0 aliphatic heterocycles. The van der Waals surface area contributed by atoms with Gasteiger partial charge in [0.05, 0.1) is 5.69 Å². The van der Waals surface area contributed by atoms with Gasteiger partial charge < -0.3 is 5.32 Å². The molecule has 1 N–H and O–H groups in total. The number of hydrogen-bond donors (Lipinski definition) is 1. The molecule has 0 aromatic carbocycles. The molecule has 3 nitrogen and oxygen atoms in total. The van der Waals surface area contributed by atoms with E-state index in [4.69, 9.17) is 6.42 Å². The fourth-order valence-electron chi connectivity index (χ4n) is 1.68. The Balaban J connectivity index is 2.65. The zero-order chi connectivity index (χ0) is 11.8. The van der Waals surface area contributed by atoms with E-state index >= 15 is 0 Å². The average Bonchev–Trinajstić information content (AvgIpc) is 2.28. The van der Waals surface area contributed by atoms with Crippen molar-refractivity contribution in [3.63, 3.8) is 0 Å². The standard InChI is InChI=1S/C13H19N3/c1-4-6-7-8-12(14-5-2)13-9-10-15-11(3)16-13/h1,9-10,12,14H,5-8H2,2-3H3. The Kier molecular flexibility index (Phi) is 5.52. The zero-order valence-corrected chi connectivity index (χ0v) is 10.0. The van der Waals surface area contributed by atoms with Crippen LogP contribution in [-0.4, -0.2) is 16.5 Å². The van der Waals surface area contributed by atoms with Gasteiger partial charge in [-0.2, -0.15) is 0 Å². The van der Waals surface area contributed by atoms with Gasteiger partial charge in [0, 0.05) is 18.7 Å². The van der Waals surface area contributed by atoms with E-state index in [0.717, 1.165) is 37.3 Å². The van der Waals surface area contributed by atoms with Crippen molar-refractivity contribution >= 4 is 0 Å². The number of unbranched alkanes of at least 4 members (excludes halogenated alkanes) is 1. The van der Waals surface area contributed by atoms with E-state index in [2.05, 4.69) is 28.1 Å². The summed E-state index contributed by atoms with van der Waals surface area (Å²) in [6, 6.07) is 2.26. The number of nitrogens with zero attached hydrogens (tertiary/aromatic N) is 2. The third kappa shape index (κ3) is 4.00. The van der Waals surface area contributed by atoms with E-state index in [9.17, 15) is 0 Å². The lowest BCUT2D eigenvalue weighted by Crippen LogP contribution is -2.22. The lowest BCUT2D eigenvalue weighted by Gasteiger charge is -2.16. The van der Waals surface area contributed by atoms with Crippen LogP contribution in [0.25, 0.3) is 0 Å². The molecule has 16 heavy (non-hydrogen) atoms. The Morgan fingerprint density at radius 3 is 3.00 bits per heavy atom. The van der Waals surface area contributed by atoms with E-state index < -0.39 is 0 Å². The van der Waals surface area contributed by atoms with Crippen molar-refractivity contribution in [2.45, 2.75) is 39.2 Å². The molecule has 1 aromatic heterocycles. The quantitative estimate of drug-likeness (QED) is 0.586. The highest BCUT2D eigenvalue weighted by Gasteiger charge is 2.11. The van der Waals surface area contributed by atoms with Crippen LogP contribution in [0.2, 0.25) is 0 Å². The summed E-state index contributed by atoms with van der Waals surface area (Å²) in [6.07, 6.45) is 9.94. The van der Waals surface area contributed by atoms with Crippen molar-refractivity contribution in [1.82, 2.24) is 15.3 Å². The van der Waals surface area contributed by atoms with Gasteiger partial charge in [0.2, 0.25) is 0 Å². The van der Waals surface area contributed by atoms with Crippen LogP contribution < -0.4 is 5.32 Å². The van der Waals surface area contributed by atoms with Crippen LogP contribution in [0.15, 0.2) is 12.3 Å². The van der Waals surface area contributed by atoms with Crippen LogP contribution >= 0.6 is 0 Å². The van der Waals surface area contributed by atoms with Crippen molar-refractivity contribution in [1.29, 1.82) is 0 Å². The lowest BCUT2D eigenvalue weighted by molar-refractivity contribution is 0.489. The Morgan fingerprint density at radius 1 is 1.56 bits per heavy atom. The van der Waals surface area contributed by atoms with Crippen molar-refractivity contribution in [2.24, 2.45) is 0 Å². The van der Waals surface area contributed by atoms with Crippen molar-refractivity contribution in [2.75, 3.05) is 6.54 Å². The number of terminal acetylenes is 1. The molecule has 1 atom stereocenters. The number of aromatic nitrogens is 2. The van der Waals surface area contributed by atoms with Gasteiger partial charge in [-0.15, -0.1) is 12.3 Å². The molecule has 1 rings (SSSR count). The van der Waals surface area contributed by atoms with Crippen LogP contribution in [0.3, 0.4) is 0 Å². The maximum atomic E-state index is 5.26. The largest absolute Gasteiger partial charge is 0.309 e. The highest BCUT2D eigenvalue weighted by Crippen LogP contribution is 2.16. The predicted molar refractivity (Wildman–Crippen MR) is 65.9 cm³/mol. The summed E-state index contributed by atoms with van der Waals surface area (Å²) in [6.45, 7) is 4.94. The normalized spacial score (nSPS) is 12.1. The van der Waals surface area contributed by atoms with Gasteiger partial charge >= 0.3 is 0 Å². The molecule has 0 amide bonds. The molecule has 0 bridgehead atoms. The zero-order valence-electron chi connectivity index (χ0n) is 10.0. The second kappa shape index (κ2) is 6.97. The highest BCUT2D eigenvalue weighted by atomic mass is 15.0. The molecule has 1 unspecified atom stereocenters. The first-order chi connectivity index (χ1) is 7.77. The maximum absolute atomic E-state index is 5.26. The summed E-state index contributed by atoms with van der Waals surface area (Å²) in [5.41, 5.74) is 1.06. The summed E-state index contributed by atoms with van der Waals surface area (Å²) < 4.78 is 0. The van der Waals surface area contributed by atoms with Crippen LogP contribution in [0.5, 0.6) is 0 Å². The molecule has 0 aliphatic rings. The Morgan fingerprint density at radius 2 is 2.38 bits per heavy atom. The van der Waals surface area contributed by atoms with Gasteiger partial charge in [-0.3, -0.25) is 0 Å². The summed E-state index contributed by atoms with van der Waals surface area (Å²) in [4.78, 5) is 8.55. The second-order valence-electron chi connectivity index (χ2n) is 3.74. The van der Waals surface area contributed by atoms with Crippen molar-refractivity contribution in [3.8, 4) is 12.3 Å². The SMILES string of the molecule is C#CCCCC(NCC)c1ccnc(C)n1. The molecular formula is C13H19N3. The Hall–Kier alpha value is -1.40. The van der Waals surface area contributed by atoms with E-state index in [1.54, 1.807) is 0 Å². The molecule has 0 radical (unpaired) electrons. The predicted octanol–water partition coefficient (Wildman–Crippen LogP) is 2.24. The van der Waals surface area contributed by atoms with Gasteiger partial charge in [0.25, 0.3) is 0 Å². The van der Waals surface area contributed by atoms with E-state index in [1.165, 1.54) is 0 Å². The summed E-state index contributed by atoms with van der Waals surface area (Å²) >= 11 is 0. The average molecular weight is 217 g/mol. The van der Waals surface area contributed by atoms with Crippen molar-refractivity contribution in [3.05, 3.63) is 23.8 Å². The molecule has 86 valence electrons. The smallest absolute Gasteiger partial charge is 0.125 e. The first-order valence-electron chi connectivity index (χ1n) is 5.74. The van der Waals surface area contributed by atoms with Crippen LogP contribution in [0.1, 0.15) is 43.7 Å². The summed E-state index contributed by atoms with van der Waals surface area (Å²) in [5.74, 6) is 3.48. The molecule has 0 saturated carbocycles. The van der Waals surface area contributed by atoms with Crippen LogP contribution in [0, 0.1) is 19.3 Å². The first-order valence-corrected chi connectivity index (χ1v) is 5.74. The number of aryl methyl sites for hydroxylation is 1. The van der Waals surface area contributed by atoms with Gasteiger partial charge in [-0.05, 0) is 32.4 Å². The minimum Gasteiger partial charge on any atom is -0.309 e. The van der Waals surface area contributed by atoms with Crippen LogP contribution in [-0.2, 0) is 0 Å². The molecular weight excluding hydrogens is 198 g/mol. The lowest BCUT2D eigenvalue weighted by atomic mass is 10.1. The number of hydrogen-bond acceptors (Lipinski definition) is 3. The molecule has 1 aromatic rings. The maximum Gasteiger partial charge on any atom is 0.125 e. The third-order valence-corrected chi connectivity index (χ3v) is 2.42.